The van der Waals surface area contributed by atoms with E-state index in [1.54, 1.807) is 18.2 Å². The predicted molar refractivity (Wildman–Crippen MR) is 228 cm³/mol. The van der Waals surface area contributed by atoms with Crippen LogP contribution >= 0.6 is 0 Å². The number of methoxy groups -OCH3 is 1. The zero-order chi connectivity index (χ0) is 42.2. The first-order chi connectivity index (χ1) is 28.4. The minimum Gasteiger partial charge on any atom is -0.489 e. The molecule has 0 heterocycles. The summed E-state index contributed by atoms with van der Waals surface area (Å²) in [5, 5.41) is 2.74. The molecule has 0 fully saturated rings. The Kier molecular flexibility index (Phi) is 16.0. The van der Waals surface area contributed by atoms with Gasteiger partial charge >= 0.3 is 24.0 Å². The molecule has 2 atom stereocenters. The molecule has 59 heavy (non-hydrogen) atoms. The smallest absolute Gasteiger partial charge is 0.408 e. The fraction of sp³-hybridized carbons (Fsp3) is 0.277. The van der Waals surface area contributed by atoms with E-state index in [1.165, 1.54) is 7.11 Å². The second kappa shape index (κ2) is 21.5. The molecule has 0 aliphatic rings. The molecule has 0 bridgehead atoms. The molecule has 0 aromatic heterocycles. The average molecular weight is 817 g/mol. The summed E-state index contributed by atoms with van der Waals surface area (Å²) < 4.78 is 28.1. The molecule has 5 aromatic carbocycles. The summed E-state index contributed by atoms with van der Waals surface area (Å²) in [6.07, 6.45) is -0.707. The number of hydrogen-bond donors (Lipinski definition) is 2. The second-order valence-electron chi connectivity index (χ2n) is 15.4. The van der Waals surface area contributed by atoms with E-state index in [0.29, 0.717) is 28.0 Å². The topological polar surface area (TPSA) is 152 Å². The largest absolute Gasteiger partial charge is 0.489 e. The van der Waals surface area contributed by atoms with Gasteiger partial charge in [0.15, 0.2) is 0 Å². The number of benzene rings is 5. The van der Waals surface area contributed by atoms with Crippen molar-refractivity contribution in [1.29, 1.82) is 0 Å². The molecule has 0 saturated heterocycles. The third-order valence-corrected chi connectivity index (χ3v) is 11.0. The Hall–Kier alpha value is -6.24. The first-order valence-electron chi connectivity index (χ1n) is 19.5. The van der Waals surface area contributed by atoms with Crippen molar-refractivity contribution in [3.63, 3.8) is 0 Å². The van der Waals surface area contributed by atoms with Crippen LogP contribution in [0.3, 0.4) is 0 Å². The van der Waals surface area contributed by atoms with Crippen LogP contribution in [0.5, 0.6) is 5.75 Å². The molecule has 3 N–H and O–H groups in total. The van der Waals surface area contributed by atoms with Crippen molar-refractivity contribution >= 4 is 32.1 Å². The summed E-state index contributed by atoms with van der Waals surface area (Å²) in [5.74, 6) is -1.29. The van der Waals surface area contributed by atoms with Crippen LogP contribution in [0.15, 0.2) is 127 Å². The number of amides is 1. The van der Waals surface area contributed by atoms with Crippen molar-refractivity contribution in [2.24, 2.45) is 5.73 Å². The molecule has 0 radical (unpaired) electrons. The van der Waals surface area contributed by atoms with Gasteiger partial charge in [0.1, 0.15) is 37.7 Å². The SMILES string of the molecule is COC(=O)c1cc(C[C@H](N)C(=O)OCc2ccccc2)cc(-c2ccc(OCc3ccccc3)c(C[C@H](NC(=O)OCc3ccccc3)C(=O)OCC[Si](C)(C)C)c2)c1. The van der Waals surface area contributed by atoms with E-state index >= 15 is 0 Å². The summed E-state index contributed by atoms with van der Waals surface area (Å²) in [6, 6.07) is 37.4. The maximum atomic E-state index is 13.8. The van der Waals surface area contributed by atoms with Gasteiger partial charge in [-0.2, -0.15) is 0 Å². The van der Waals surface area contributed by atoms with Crippen molar-refractivity contribution < 1.29 is 42.9 Å². The lowest BCUT2D eigenvalue weighted by molar-refractivity contribution is -0.147. The number of esters is 3. The highest BCUT2D eigenvalue weighted by molar-refractivity contribution is 6.76. The summed E-state index contributed by atoms with van der Waals surface area (Å²) in [6.45, 7) is 7.11. The average Bonchev–Trinajstić information content (AvgIpc) is 3.24. The van der Waals surface area contributed by atoms with Gasteiger partial charge in [-0.3, -0.25) is 4.79 Å². The normalized spacial score (nSPS) is 12.1. The number of carbonyl (C=O) groups is 4. The van der Waals surface area contributed by atoms with Crippen molar-refractivity contribution in [3.8, 4) is 16.9 Å². The Morgan fingerprint density at radius 3 is 1.81 bits per heavy atom. The minimum absolute atomic E-state index is 0.00808. The predicted octanol–water partition coefficient (Wildman–Crippen LogP) is 8.05. The van der Waals surface area contributed by atoms with Crippen LogP contribution in [-0.4, -0.2) is 57.9 Å². The van der Waals surface area contributed by atoms with E-state index in [2.05, 4.69) is 25.0 Å². The Balaban J connectivity index is 1.45. The van der Waals surface area contributed by atoms with Crippen molar-refractivity contribution in [3.05, 3.63) is 161 Å². The lowest BCUT2D eigenvalue weighted by Gasteiger charge is -2.22. The van der Waals surface area contributed by atoms with Crippen molar-refractivity contribution in [2.75, 3.05) is 13.7 Å². The van der Waals surface area contributed by atoms with Crippen LogP contribution in [0.4, 0.5) is 4.79 Å². The lowest BCUT2D eigenvalue weighted by Crippen LogP contribution is -2.44. The van der Waals surface area contributed by atoms with Gasteiger partial charge in [0.2, 0.25) is 0 Å². The van der Waals surface area contributed by atoms with Gasteiger partial charge in [-0.05, 0) is 75.7 Å². The number of nitrogens with two attached hydrogens (primary N) is 1. The van der Waals surface area contributed by atoms with Crippen LogP contribution in [0, 0.1) is 0 Å². The number of nitrogens with one attached hydrogen (secondary N) is 1. The standard InChI is InChI=1S/C47H52N2O9Si/c1-54-44(50)40-25-36(26-41(48)45(51)57-31-34-16-10-6-11-17-34)24-38(28-40)37-20-21-43(56-30-33-14-8-5-9-15-33)39(27-37)29-42(46(52)55-22-23-59(2,3)4)49-47(53)58-32-35-18-12-7-13-19-35/h5-21,24-25,27-28,41-42H,22-23,26,29-32,48H2,1-4H3,(H,49,53)/t41-,42-/m0/s1. The van der Waals surface area contributed by atoms with Gasteiger partial charge in [0.25, 0.3) is 0 Å². The number of rotatable bonds is 19. The zero-order valence-corrected chi connectivity index (χ0v) is 35.0. The third-order valence-electron chi connectivity index (χ3n) is 9.34. The molecule has 12 heteroatoms. The molecule has 11 nitrogen and oxygen atoms in total. The lowest BCUT2D eigenvalue weighted by atomic mass is 9.94. The molecule has 5 rings (SSSR count). The molecule has 308 valence electrons. The first kappa shape index (κ1) is 43.9. The highest BCUT2D eigenvalue weighted by Crippen LogP contribution is 2.31. The van der Waals surface area contributed by atoms with Crippen LogP contribution in [-0.2, 0) is 61.2 Å². The maximum absolute atomic E-state index is 13.8. The number of hydrogen-bond acceptors (Lipinski definition) is 10. The number of alkyl carbamates (subject to hydrolysis) is 1. The van der Waals surface area contributed by atoms with E-state index in [9.17, 15) is 19.2 Å². The molecule has 5 aromatic rings. The van der Waals surface area contributed by atoms with Crippen LogP contribution < -0.4 is 15.8 Å². The third kappa shape index (κ3) is 14.3. The van der Waals surface area contributed by atoms with Gasteiger partial charge in [-0.1, -0.05) is 123 Å². The molecular weight excluding hydrogens is 765 g/mol. The summed E-state index contributed by atoms with van der Waals surface area (Å²) in [4.78, 5) is 52.8. The monoisotopic (exact) mass is 816 g/mol. The van der Waals surface area contributed by atoms with Crippen molar-refractivity contribution in [2.45, 2.75) is 70.4 Å². The van der Waals surface area contributed by atoms with E-state index in [0.717, 1.165) is 22.7 Å². The summed E-state index contributed by atoms with van der Waals surface area (Å²) in [5.41, 5.74) is 11.6. The van der Waals surface area contributed by atoms with E-state index in [1.807, 2.05) is 109 Å². The van der Waals surface area contributed by atoms with Gasteiger partial charge in [0.05, 0.1) is 19.3 Å². The van der Waals surface area contributed by atoms with Crippen LogP contribution in [0.1, 0.15) is 38.2 Å². The van der Waals surface area contributed by atoms with E-state index in [4.69, 9.17) is 29.4 Å². The Labute approximate surface area is 346 Å². The van der Waals surface area contributed by atoms with Gasteiger partial charge in [-0.25, -0.2) is 14.4 Å². The molecule has 1 amide bonds. The Morgan fingerprint density at radius 2 is 1.22 bits per heavy atom. The Morgan fingerprint density at radius 1 is 0.627 bits per heavy atom. The second-order valence-corrected chi connectivity index (χ2v) is 21.0. The summed E-state index contributed by atoms with van der Waals surface area (Å²) in [7, 11) is -0.253. The maximum Gasteiger partial charge on any atom is 0.408 e. The minimum atomic E-state index is -1.54. The highest BCUT2D eigenvalue weighted by atomic mass is 28.3. The first-order valence-corrected chi connectivity index (χ1v) is 23.2. The summed E-state index contributed by atoms with van der Waals surface area (Å²) >= 11 is 0. The molecule has 0 spiro atoms. The number of ether oxygens (including phenoxy) is 5. The van der Waals surface area contributed by atoms with Gasteiger partial charge in [-0.15, -0.1) is 0 Å². The van der Waals surface area contributed by atoms with E-state index in [-0.39, 0.29) is 44.8 Å². The molecule has 0 saturated carbocycles. The highest BCUT2D eigenvalue weighted by Gasteiger charge is 2.27. The van der Waals surface area contributed by atoms with Crippen LogP contribution in [0.25, 0.3) is 11.1 Å². The number of carbonyl (C=O) groups excluding carboxylic acids is 4. The molecular formula is C47H52N2O9Si. The molecule has 0 unspecified atom stereocenters. The van der Waals surface area contributed by atoms with E-state index < -0.39 is 44.2 Å². The zero-order valence-electron chi connectivity index (χ0n) is 34.0. The van der Waals surface area contributed by atoms with Crippen molar-refractivity contribution in [1.82, 2.24) is 5.32 Å². The van der Waals surface area contributed by atoms with Gasteiger partial charge < -0.3 is 34.7 Å². The van der Waals surface area contributed by atoms with Crippen LogP contribution in [0.2, 0.25) is 25.7 Å². The Bertz CT molecular complexity index is 2160. The van der Waals surface area contributed by atoms with Gasteiger partial charge in [0, 0.05) is 14.5 Å². The molecule has 0 aliphatic carbocycles. The fourth-order valence-corrected chi connectivity index (χ4v) is 6.77. The quantitative estimate of drug-likeness (QED) is 0.0476. The molecule has 0 aliphatic heterocycles. The fourth-order valence-electron chi connectivity index (χ4n) is 6.06.